The van der Waals surface area contributed by atoms with Crippen LogP contribution in [-0.4, -0.2) is 36.9 Å². The van der Waals surface area contributed by atoms with Crippen molar-refractivity contribution in [2.75, 3.05) is 31.1 Å². The van der Waals surface area contributed by atoms with Crippen molar-refractivity contribution in [3.8, 4) is 17.9 Å². The number of hydrogen-bond donors (Lipinski definition) is 1. The molecule has 2 heterocycles. The van der Waals surface area contributed by atoms with Gasteiger partial charge in [0.15, 0.2) is 5.78 Å². The summed E-state index contributed by atoms with van der Waals surface area (Å²) in [5, 5.41) is 13.1. The molecule has 4 rings (SSSR count). The Hall–Kier alpha value is -3.93. The summed E-state index contributed by atoms with van der Waals surface area (Å²) in [5.41, 5.74) is 2.67. The molecule has 1 fully saturated rings. The fourth-order valence-corrected chi connectivity index (χ4v) is 3.46. The Morgan fingerprint density at radius 2 is 1.67 bits per heavy atom. The third-order valence-electron chi connectivity index (χ3n) is 4.99. The first-order valence-electron chi connectivity index (χ1n) is 9.83. The smallest absolute Gasteiger partial charge is 0.195 e. The molecule has 5 nitrogen and oxygen atoms in total. The largest absolute Gasteiger partial charge is 0.353 e. The van der Waals surface area contributed by atoms with Crippen LogP contribution in [0.2, 0.25) is 0 Å². The van der Waals surface area contributed by atoms with Gasteiger partial charge in [0.25, 0.3) is 0 Å². The van der Waals surface area contributed by atoms with Gasteiger partial charge in [-0.3, -0.25) is 4.79 Å². The molecule has 1 saturated heterocycles. The van der Waals surface area contributed by atoms with E-state index in [0.29, 0.717) is 28.1 Å². The van der Waals surface area contributed by atoms with E-state index >= 15 is 0 Å². The quantitative estimate of drug-likeness (QED) is 0.548. The number of pyridine rings is 1. The van der Waals surface area contributed by atoms with Crippen LogP contribution < -0.4 is 10.2 Å². The highest BCUT2D eigenvalue weighted by Gasteiger charge is 2.23. The lowest BCUT2D eigenvalue weighted by molar-refractivity contribution is 0.103. The van der Waals surface area contributed by atoms with E-state index in [4.69, 9.17) is 0 Å². The van der Waals surface area contributed by atoms with Crippen LogP contribution in [0.15, 0.2) is 66.9 Å². The van der Waals surface area contributed by atoms with Gasteiger partial charge >= 0.3 is 0 Å². The number of anilines is 1. The molecule has 0 spiro atoms. The summed E-state index contributed by atoms with van der Waals surface area (Å²) in [6.45, 7) is 3.14. The Labute approximate surface area is 176 Å². The first-order valence-corrected chi connectivity index (χ1v) is 9.83. The van der Waals surface area contributed by atoms with Gasteiger partial charge in [-0.1, -0.05) is 42.2 Å². The summed E-state index contributed by atoms with van der Waals surface area (Å²) in [4.78, 5) is 19.9. The standard InChI is InChI=1S/C25H20N4O/c26-18-23-22(12-13-28-25(23)29-16-14-27-15-17-29)24(30)21-9-5-4-8-20(21)11-10-19-6-2-1-3-7-19/h1-9,12-13,27H,14-17H2. The number of carbonyl (C=O) groups is 1. The minimum absolute atomic E-state index is 0.219. The van der Waals surface area contributed by atoms with Crippen LogP contribution in [0.5, 0.6) is 0 Å². The van der Waals surface area contributed by atoms with Gasteiger partial charge in [0.2, 0.25) is 0 Å². The average Bonchev–Trinajstić information content (AvgIpc) is 2.83. The molecule has 3 aromatic rings. The van der Waals surface area contributed by atoms with Gasteiger partial charge in [-0.25, -0.2) is 4.98 Å². The number of nitrogens with one attached hydrogen (secondary N) is 1. The number of nitriles is 1. The number of ketones is 1. The summed E-state index contributed by atoms with van der Waals surface area (Å²) in [7, 11) is 0. The molecule has 2 aromatic carbocycles. The molecule has 30 heavy (non-hydrogen) atoms. The predicted octanol–water partition coefficient (Wildman–Crippen LogP) is 2.99. The molecule has 0 amide bonds. The maximum Gasteiger partial charge on any atom is 0.195 e. The minimum atomic E-state index is -0.219. The van der Waals surface area contributed by atoms with Gasteiger partial charge in [0, 0.05) is 54.6 Å². The summed E-state index contributed by atoms with van der Waals surface area (Å²) < 4.78 is 0. The highest BCUT2D eigenvalue weighted by Crippen LogP contribution is 2.24. The van der Waals surface area contributed by atoms with E-state index in [0.717, 1.165) is 31.7 Å². The molecule has 1 N–H and O–H groups in total. The zero-order valence-electron chi connectivity index (χ0n) is 16.4. The Kier molecular flexibility index (Phi) is 5.85. The van der Waals surface area contributed by atoms with Crippen molar-refractivity contribution in [2.45, 2.75) is 0 Å². The first-order chi connectivity index (χ1) is 14.8. The van der Waals surface area contributed by atoms with Crippen LogP contribution in [0.3, 0.4) is 0 Å². The number of benzene rings is 2. The highest BCUT2D eigenvalue weighted by atomic mass is 16.1. The third-order valence-corrected chi connectivity index (χ3v) is 4.99. The Morgan fingerprint density at radius 1 is 0.933 bits per heavy atom. The van der Waals surface area contributed by atoms with Crippen molar-refractivity contribution in [2.24, 2.45) is 0 Å². The lowest BCUT2D eigenvalue weighted by Gasteiger charge is -2.29. The average molecular weight is 392 g/mol. The fraction of sp³-hybridized carbons (Fsp3) is 0.160. The third kappa shape index (κ3) is 4.07. The van der Waals surface area contributed by atoms with Gasteiger partial charge in [-0.15, -0.1) is 0 Å². The molecule has 1 aliphatic rings. The van der Waals surface area contributed by atoms with Gasteiger partial charge in [-0.05, 0) is 30.3 Å². The van der Waals surface area contributed by atoms with Crippen molar-refractivity contribution < 1.29 is 4.79 Å². The topological polar surface area (TPSA) is 69.0 Å². The molecule has 1 aliphatic heterocycles. The first kappa shape index (κ1) is 19.4. The number of nitrogens with zero attached hydrogens (tertiary/aromatic N) is 3. The monoisotopic (exact) mass is 392 g/mol. The second kappa shape index (κ2) is 9.05. The second-order valence-electron chi connectivity index (χ2n) is 6.90. The van der Waals surface area contributed by atoms with Crippen LogP contribution >= 0.6 is 0 Å². The Bertz CT molecular complexity index is 1160. The molecule has 0 radical (unpaired) electrons. The van der Waals surface area contributed by atoms with E-state index in [9.17, 15) is 10.1 Å². The van der Waals surface area contributed by atoms with E-state index < -0.39 is 0 Å². The SMILES string of the molecule is N#Cc1c(C(=O)c2ccccc2C#Cc2ccccc2)ccnc1N1CCNCC1. The van der Waals surface area contributed by atoms with Crippen LogP contribution in [-0.2, 0) is 0 Å². The Balaban J connectivity index is 1.73. The predicted molar refractivity (Wildman–Crippen MR) is 116 cm³/mol. The Morgan fingerprint density at radius 3 is 2.43 bits per heavy atom. The maximum atomic E-state index is 13.4. The summed E-state index contributed by atoms with van der Waals surface area (Å²) in [6.07, 6.45) is 1.60. The zero-order chi connectivity index (χ0) is 20.8. The van der Waals surface area contributed by atoms with E-state index in [1.807, 2.05) is 53.4 Å². The molecule has 0 saturated carbocycles. The zero-order valence-corrected chi connectivity index (χ0v) is 16.4. The molecule has 0 bridgehead atoms. The van der Waals surface area contributed by atoms with E-state index in [-0.39, 0.29) is 5.78 Å². The summed E-state index contributed by atoms with van der Waals surface area (Å²) in [6, 6.07) is 20.7. The number of piperazine rings is 1. The van der Waals surface area contributed by atoms with Crippen LogP contribution in [0.1, 0.15) is 32.6 Å². The van der Waals surface area contributed by atoms with Gasteiger partial charge in [0.1, 0.15) is 17.5 Å². The minimum Gasteiger partial charge on any atom is -0.353 e. The summed E-state index contributed by atoms with van der Waals surface area (Å²) in [5.74, 6) is 6.56. The van der Waals surface area contributed by atoms with E-state index in [2.05, 4.69) is 28.2 Å². The number of aromatic nitrogens is 1. The van der Waals surface area contributed by atoms with Crippen molar-refractivity contribution in [1.82, 2.24) is 10.3 Å². The maximum absolute atomic E-state index is 13.4. The van der Waals surface area contributed by atoms with E-state index in [1.54, 1.807) is 18.3 Å². The number of rotatable bonds is 3. The molecular weight excluding hydrogens is 372 g/mol. The van der Waals surface area contributed by atoms with Crippen LogP contribution in [0.25, 0.3) is 0 Å². The molecule has 0 atom stereocenters. The van der Waals surface area contributed by atoms with Crippen molar-refractivity contribution in [3.05, 3.63) is 94.7 Å². The molecule has 5 heteroatoms. The molecular formula is C25H20N4O. The van der Waals surface area contributed by atoms with Gasteiger partial charge in [-0.2, -0.15) is 5.26 Å². The lowest BCUT2D eigenvalue weighted by atomic mass is 9.95. The van der Waals surface area contributed by atoms with Gasteiger partial charge in [0.05, 0.1) is 0 Å². The lowest BCUT2D eigenvalue weighted by Crippen LogP contribution is -2.44. The van der Waals surface area contributed by atoms with Crippen molar-refractivity contribution >= 4 is 11.6 Å². The highest BCUT2D eigenvalue weighted by molar-refractivity contribution is 6.12. The molecule has 0 unspecified atom stereocenters. The van der Waals surface area contributed by atoms with E-state index in [1.165, 1.54) is 0 Å². The number of carbonyl (C=O) groups excluding carboxylic acids is 1. The summed E-state index contributed by atoms with van der Waals surface area (Å²) >= 11 is 0. The molecule has 0 aliphatic carbocycles. The second-order valence-corrected chi connectivity index (χ2v) is 6.90. The van der Waals surface area contributed by atoms with Crippen molar-refractivity contribution in [1.29, 1.82) is 5.26 Å². The van der Waals surface area contributed by atoms with Gasteiger partial charge < -0.3 is 10.2 Å². The van der Waals surface area contributed by atoms with Crippen LogP contribution in [0, 0.1) is 23.2 Å². The molecule has 146 valence electrons. The van der Waals surface area contributed by atoms with Crippen LogP contribution in [0.4, 0.5) is 5.82 Å². The molecule has 1 aromatic heterocycles. The normalized spacial score (nSPS) is 13.1. The van der Waals surface area contributed by atoms with Crippen molar-refractivity contribution in [3.63, 3.8) is 0 Å². The number of hydrogen-bond acceptors (Lipinski definition) is 5. The fourth-order valence-electron chi connectivity index (χ4n) is 3.46.